The van der Waals surface area contributed by atoms with E-state index in [9.17, 15) is 4.79 Å². The molecule has 1 rings (SSSR count). The van der Waals surface area contributed by atoms with Crippen LogP contribution in [0.5, 0.6) is 11.5 Å². The number of carbonyl (C=O) groups is 1. The van der Waals surface area contributed by atoms with Gasteiger partial charge >= 0.3 is 0 Å². The largest absolute Gasteiger partial charge is 0.497 e. The summed E-state index contributed by atoms with van der Waals surface area (Å²) in [5.41, 5.74) is 0.939. The number of ether oxygens (including phenoxy) is 4. The van der Waals surface area contributed by atoms with Crippen molar-refractivity contribution in [2.24, 2.45) is 0 Å². The molecule has 0 N–H and O–H groups in total. The summed E-state index contributed by atoms with van der Waals surface area (Å²) in [5, 5.41) is 0. The Morgan fingerprint density at radius 3 is 2.38 bits per heavy atom. The molecule has 0 spiro atoms. The van der Waals surface area contributed by atoms with Gasteiger partial charge in [-0.2, -0.15) is 0 Å². The van der Waals surface area contributed by atoms with Crippen LogP contribution in [0.2, 0.25) is 0 Å². The summed E-state index contributed by atoms with van der Waals surface area (Å²) in [6.45, 7) is 3.26. The minimum Gasteiger partial charge on any atom is -0.497 e. The molecule has 0 aromatic heterocycles. The first-order valence-corrected chi connectivity index (χ1v) is 8.13. The first-order valence-electron chi connectivity index (χ1n) is 8.13. The molecule has 0 aliphatic rings. The Labute approximate surface area is 144 Å². The van der Waals surface area contributed by atoms with Crippen molar-refractivity contribution in [2.75, 3.05) is 35.0 Å². The number of methoxy groups -OCH3 is 4. The van der Waals surface area contributed by atoms with Gasteiger partial charge in [0, 0.05) is 38.9 Å². The molecule has 0 atom stereocenters. The zero-order valence-corrected chi connectivity index (χ0v) is 15.3. The standard InChI is InChI=1S/C18H29NO5/c1-6-7-10-19(17(20)12-18(23-4)24-5)13-14-8-9-15(21-2)11-16(14)22-3/h8-9,11,18H,6-7,10,12-13H2,1-5H3. The Hall–Kier alpha value is -1.79. The number of benzene rings is 1. The molecule has 24 heavy (non-hydrogen) atoms. The van der Waals surface area contributed by atoms with Crippen molar-refractivity contribution in [3.05, 3.63) is 23.8 Å². The van der Waals surface area contributed by atoms with Crippen LogP contribution in [0.25, 0.3) is 0 Å². The fraction of sp³-hybridized carbons (Fsp3) is 0.611. The number of rotatable bonds is 11. The van der Waals surface area contributed by atoms with Crippen LogP contribution in [0.1, 0.15) is 31.7 Å². The number of unbranched alkanes of at least 4 members (excludes halogenated alkanes) is 1. The van der Waals surface area contributed by atoms with Gasteiger partial charge in [0.25, 0.3) is 0 Å². The van der Waals surface area contributed by atoms with Gasteiger partial charge < -0.3 is 23.8 Å². The van der Waals surface area contributed by atoms with Crippen LogP contribution >= 0.6 is 0 Å². The lowest BCUT2D eigenvalue weighted by Gasteiger charge is -2.25. The Kier molecular flexibility index (Phi) is 9.19. The first kappa shape index (κ1) is 20.3. The minimum absolute atomic E-state index is 0.00461. The maximum atomic E-state index is 12.6. The average Bonchev–Trinajstić information content (AvgIpc) is 2.62. The second-order valence-corrected chi connectivity index (χ2v) is 5.45. The topological polar surface area (TPSA) is 57.2 Å². The predicted molar refractivity (Wildman–Crippen MR) is 92.3 cm³/mol. The molecular weight excluding hydrogens is 310 g/mol. The molecule has 136 valence electrons. The number of amides is 1. The summed E-state index contributed by atoms with van der Waals surface area (Å²) < 4.78 is 20.9. The van der Waals surface area contributed by atoms with Crippen molar-refractivity contribution in [3.8, 4) is 11.5 Å². The molecule has 0 fully saturated rings. The van der Waals surface area contributed by atoms with Crippen molar-refractivity contribution in [2.45, 2.75) is 39.0 Å². The van der Waals surface area contributed by atoms with Crippen LogP contribution in [-0.2, 0) is 20.8 Å². The molecule has 6 nitrogen and oxygen atoms in total. The highest BCUT2D eigenvalue weighted by molar-refractivity contribution is 5.76. The van der Waals surface area contributed by atoms with Gasteiger partial charge in [-0.3, -0.25) is 4.79 Å². The van der Waals surface area contributed by atoms with Crippen molar-refractivity contribution in [3.63, 3.8) is 0 Å². The fourth-order valence-corrected chi connectivity index (χ4v) is 2.36. The molecular formula is C18H29NO5. The summed E-state index contributed by atoms with van der Waals surface area (Å²) in [4.78, 5) is 14.4. The monoisotopic (exact) mass is 339 g/mol. The van der Waals surface area contributed by atoms with E-state index < -0.39 is 6.29 Å². The maximum absolute atomic E-state index is 12.6. The van der Waals surface area contributed by atoms with Gasteiger partial charge in [0.1, 0.15) is 11.5 Å². The van der Waals surface area contributed by atoms with Gasteiger partial charge in [-0.15, -0.1) is 0 Å². The minimum atomic E-state index is -0.528. The third kappa shape index (κ3) is 6.02. The second kappa shape index (κ2) is 10.9. The van der Waals surface area contributed by atoms with Crippen LogP contribution in [0.4, 0.5) is 0 Å². The quantitative estimate of drug-likeness (QED) is 0.580. The van der Waals surface area contributed by atoms with E-state index in [0.29, 0.717) is 18.8 Å². The van der Waals surface area contributed by atoms with Gasteiger partial charge in [0.05, 0.1) is 20.6 Å². The molecule has 0 aliphatic carbocycles. The Bertz CT molecular complexity index is 502. The highest BCUT2D eigenvalue weighted by Crippen LogP contribution is 2.26. The van der Waals surface area contributed by atoms with Crippen molar-refractivity contribution in [1.82, 2.24) is 4.90 Å². The van der Waals surface area contributed by atoms with Crippen molar-refractivity contribution >= 4 is 5.91 Å². The molecule has 0 radical (unpaired) electrons. The smallest absolute Gasteiger partial charge is 0.227 e. The summed E-state index contributed by atoms with van der Waals surface area (Å²) in [7, 11) is 6.29. The molecule has 1 aromatic carbocycles. The van der Waals surface area contributed by atoms with E-state index in [2.05, 4.69) is 6.92 Å². The average molecular weight is 339 g/mol. The molecule has 1 aromatic rings. The van der Waals surface area contributed by atoms with E-state index in [1.54, 1.807) is 14.2 Å². The van der Waals surface area contributed by atoms with Crippen LogP contribution in [-0.4, -0.2) is 52.1 Å². The van der Waals surface area contributed by atoms with Crippen LogP contribution in [0, 0.1) is 0 Å². The lowest BCUT2D eigenvalue weighted by Crippen LogP contribution is -2.34. The van der Waals surface area contributed by atoms with E-state index in [1.165, 1.54) is 14.2 Å². The maximum Gasteiger partial charge on any atom is 0.227 e. The first-order chi connectivity index (χ1) is 11.6. The second-order valence-electron chi connectivity index (χ2n) is 5.45. The van der Waals surface area contributed by atoms with Gasteiger partial charge in [-0.25, -0.2) is 0 Å². The lowest BCUT2D eigenvalue weighted by molar-refractivity contribution is -0.148. The van der Waals surface area contributed by atoms with Gasteiger partial charge in [-0.05, 0) is 18.6 Å². The fourth-order valence-electron chi connectivity index (χ4n) is 2.36. The molecule has 0 unspecified atom stereocenters. The normalized spacial score (nSPS) is 10.8. The third-order valence-electron chi connectivity index (χ3n) is 3.86. The van der Waals surface area contributed by atoms with Crippen molar-refractivity contribution < 1.29 is 23.7 Å². The number of hydrogen-bond donors (Lipinski definition) is 0. The summed E-state index contributed by atoms with van der Waals surface area (Å²) in [6.07, 6.45) is 1.62. The Balaban J connectivity index is 2.90. The van der Waals surface area contributed by atoms with Gasteiger partial charge in [-0.1, -0.05) is 13.3 Å². The van der Waals surface area contributed by atoms with Gasteiger partial charge in [0.2, 0.25) is 5.91 Å². The third-order valence-corrected chi connectivity index (χ3v) is 3.86. The number of hydrogen-bond acceptors (Lipinski definition) is 5. The zero-order chi connectivity index (χ0) is 17.9. The highest BCUT2D eigenvalue weighted by atomic mass is 16.7. The van der Waals surface area contributed by atoms with Crippen LogP contribution in [0.15, 0.2) is 18.2 Å². The van der Waals surface area contributed by atoms with E-state index in [4.69, 9.17) is 18.9 Å². The van der Waals surface area contributed by atoms with E-state index in [-0.39, 0.29) is 12.3 Å². The van der Waals surface area contributed by atoms with E-state index >= 15 is 0 Å². The lowest BCUT2D eigenvalue weighted by atomic mass is 10.1. The molecule has 0 heterocycles. The summed E-state index contributed by atoms with van der Waals surface area (Å²) >= 11 is 0. The Morgan fingerprint density at radius 2 is 1.83 bits per heavy atom. The molecule has 6 heteroatoms. The summed E-state index contributed by atoms with van der Waals surface area (Å²) in [6, 6.07) is 5.62. The number of nitrogens with zero attached hydrogens (tertiary/aromatic N) is 1. The molecule has 0 bridgehead atoms. The van der Waals surface area contributed by atoms with E-state index in [1.807, 2.05) is 23.1 Å². The highest BCUT2D eigenvalue weighted by Gasteiger charge is 2.20. The SMILES string of the molecule is CCCCN(Cc1ccc(OC)cc1OC)C(=O)CC(OC)OC. The van der Waals surface area contributed by atoms with E-state index in [0.717, 1.165) is 24.2 Å². The molecule has 0 saturated carbocycles. The van der Waals surface area contributed by atoms with Crippen molar-refractivity contribution in [1.29, 1.82) is 0 Å². The Morgan fingerprint density at radius 1 is 1.12 bits per heavy atom. The number of carbonyl (C=O) groups excluding carboxylic acids is 1. The van der Waals surface area contributed by atoms with Gasteiger partial charge in [0.15, 0.2) is 6.29 Å². The predicted octanol–water partition coefficient (Wildman–Crippen LogP) is 2.84. The summed E-state index contributed by atoms with van der Waals surface area (Å²) in [5.74, 6) is 1.43. The molecule has 0 saturated heterocycles. The molecule has 1 amide bonds. The van der Waals surface area contributed by atoms with Crippen LogP contribution in [0.3, 0.4) is 0 Å². The zero-order valence-electron chi connectivity index (χ0n) is 15.3. The van der Waals surface area contributed by atoms with Crippen LogP contribution < -0.4 is 9.47 Å². The molecule has 0 aliphatic heterocycles.